The van der Waals surface area contributed by atoms with Crippen molar-refractivity contribution in [2.24, 2.45) is 4.99 Å². The number of nitrogens with zero attached hydrogens (tertiary/aromatic N) is 1. The number of benzene rings is 2. The number of amidine groups is 1. The van der Waals surface area contributed by atoms with E-state index in [1.807, 2.05) is 62.4 Å². The molecule has 0 amide bonds. The second-order valence-corrected chi connectivity index (χ2v) is 6.06. The maximum Gasteiger partial charge on any atom is 0.327 e. The van der Waals surface area contributed by atoms with Crippen LogP contribution in [0, 0.1) is 13.8 Å². The van der Waals surface area contributed by atoms with Crippen molar-refractivity contribution in [2.45, 2.75) is 20.8 Å². The highest BCUT2D eigenvalue weighted by molar-refractivity contribution is 7.80. The summed E-state index contributed by atoms with van der Waals surface area (Å²) in [6.45, 7) is 6.10. The SMILES string of the molecule is CCOC(=O)CN=C(NC(=S)c1ccc(C)cc1)c1ccc(C)cc1. The van der Waals surface area contributed by atoms with Gasteiger partial charge in [0.15, 0.2) is 0 Å². The molecule has 0 saturated heterocycles. The Bertz CT molecular complexity index is 765. The molecule has 2 aromatic rings. The highest BCUT2D eigenvalue weighted by Crippen LogP contribution is 2.07. The third kappa shape index (κ3) is 5.80. The van der Waals surface area contributed by atoms with Crippen LogP contribution in [0.1, 0.15) is 29.2 Å². The number of carbonyl (C=O) groups is 1. The lowest BCUT2D eigenvalue weighted by Crippen LogP contribution is -2.31. The van der Waals surface area contributed by atoms with E-state index in [0.29, 0.717) is 17.4 Å². The number of carbonyl (C=O) groups excluding carboxylic acids is 1. The van der Waals surface area contributed by atoms with Crippen molar-refractivity contribution in [1.29, 1.82) is 0 Å². The largest absolute Gasteiger partial charge is 0.465 e. The smallest absolute Gasteiger partial charge is 0.327 e. The van der Waals surface area contributed by atoms with Gasteiger partial charge in [0, 0.05) is 11.1 Å². The van der Waals surface area contributed by atoms with E-state index in [1.54, 1.807) is 6.92 Å². The summed E-state index contributed by atoms with van der Waals surface area (Å²) in [6, 6.07) is 15.8. The molecular weight excluding hydrogens is 332 g/mol. The van der Waals surface area contributed by atoms with Crippen LogP contribution >= 0.6 is 12.2 Å². The fourth-order valence-corrected chi connectivity index (χ4v) is 2.38. The first-order valence-electron chi connectivity index (χ1n) is 8.14. The number of rotatable bonds is 5. The van der Waals surface area contributed by atoms with Gasteiger partial charge in [-0.25, -0.2) is 0 Å². The molecule has 0 aliphatic rings. The fourth-order valence-electron chi connectivity index (χ4n) is 2.15. The van der Waals surface area contributed by atoms with Crippen LogP contribution in [-0.2, 0) is 9.53 Å². The predicted octanol–water partition coefficient (Wildman–Crippen LogP) is 3.58. The minimum atomic E-state index is -0.366. The lowest BCUT2D eigenvalue weighted by molar-refractivity contribution is -0.141. The summed E-state index contributed by atoms with van der Waals surface area (Å²) in [5, 5.41) is 3.16. The summed E-state index contributed by atoms with van der Waals surface area (Å²) in [4.78, 5) is 16.6. The zero-order valence-electron chi connectivity index (χ0n) is 14.7. The van der Waals surface area contributed by atoms with Crippen LogP contribution < -0.4 is 5.32 Å². The van der Waals surface area contributed by atoms with E-state index in [0.717, 1.165) is 16.7 Å². The molecule has 25 heavy (non-hydrogen) atoms. The Kier molecular flexibility index (Phi) is 6.83. The summed E-state index contributed by atoms with van der Waals surface area (Å²) in [6.07, 6.45) is 0. The molecule has 0 spiro atoms. The van der Waals surface area contributed by atoms with Gasteiger partial charge in [-0.15, -0.1) is 0 Å². The highest BCUT2D eigenvalue weighted by Gasteiger charge is 2.09. The van der Waals surface area contributed by atoms with Crippen molar-refractivity contribution in [3.8, 4) is 0 Å². The van der Waals surface area contributed by atoms with Crippen LogP contribution in [-0.4, -0.2) is 29.9 Å². The maximum atomic E-state index is 11.6. The highest BCUT2D eigenvalue weighted by atomic mass is 32.1. The van der Waals surface area contributed by atoms with Crippen molar-refractivity contribution in [1.82, 2.24) is 5.32 Å². The lowest BCUT2D eigenvalue weighted by atomic mass is 10.1. The van der Waals surface area contributed by atoms with Crippen molar-refractivity contribution in [2.75, 3.05) is 13.2 Å². The van der Waals surface area contributed by atoms with Gasteiger partial charge in [-0.1, -0.05) is 71.9 Å². The average Bonchev–Trinajstić information content (AvgIpc) is 2.60. The van der Waals surface area contributed by atoms with Crippen LogP contribution in [0.3, 0.4) is 0 Å². The van der Waals surface area contributed by atoms with Crippen LogP contribution in [0.2, 0.25) is 0 Å². The summed E-state index contributed by atoms with van der Waals surface area (Å²) < 4.78 is 4.94. The van der Waals surface area contributed by atoms with Gasteiger partial charge in [0.25, 0.3) is 0 Å². The number of hydrogen-bond acceptors (Lipinski definition) is 4. The Morgan fingerprint density at radius 2 is 1.52 bits per heavy atom. The molecule has 130 valence electrons. The molecule has 0 bridgehead atoms. The molecule has 0 saturated carbocycles. The zero-order valence-corrected chi connectivity index (χ0v) is 15.5. The monoisotopic (exact) mass is 354 g/mol. The van der Waals surface area contributed by atoms with Gasteiger partial charge in [0.2, 0.25) is 0 Å². The van der Waals surface area contributed by atoms with Crippen LogP contribution in [0.4, 0.5) is 0 Å². The zero-order chi connectivity index (χ0) is 18.2. The van der Waals surface area contributed by atoms with E-state index in [4.69, 9.17) is 17.0 Å². The summed E-state index contributed by atoms with van der Waals surface area (Å²) in [5.74, 6) is 0.189. The van der Waals surface area contributed by atoms with Gasteiger partial charge >= 0.3 is 5.97 Å². The molecular formula is C20H22N2O2S. The van der Waals surface area contributed by atoms with Crippen molar-refractivity contribution < 1.29 is 9.53 Å². The molecule has 0 unspecified atom stereocenters. The summed E-state index contributed by atoms with van der Waals surface area (Å²) >= 11 is 5.49. The molecule has 0 heterocycles. The Morgan fingerprint density at radius 3 is 2.04 bits per heavy atom. The molecule has 4 nitrogen and oxygen atoms in total. The number of esters is 1. The number of hydrogen-bond donors (Lipinski definition) is 1. The second-order valence-electron chi connectivity index (χ2n) is 5.66. The Labute approximate surface area is 153 Å². The standard InChI is InChI=1S/C20H22N2O2S/c1-4-24-18(23)13-21-19(16-9-5-14(2)6-10-16)22-20(25)17-11-7-15(3)8-12-17/h5-12H,4,13H2,1-3H3,(H,21,22,25). The van der Waals surface area contributed by atoms with E-state index in [-0.39, 0.29) is 12.5 Å². The van der Waals surface area contributed by atoms with Crippen molar-refractivity contribution in [3.05, 3.63) is 70.8 Å². The van der Waals surface area contributed by atoms with Crippen LogP contribution in [0.25, 0.3) is 0 Å². The first kappa shape index (κ1) is 18.8. The Balaban J connectivity index is 2.22. The van der Waals surface area contributed by atoms with Crippen molar-refractivity contribution >= 4 is 29.0 Å². The van der Waals surface area contributed by atoms with Crippen LogP contribution in [0.15, 0.2) is 53.5 Å². The first-order chi connectivity index (χ1) is 12.0. The Morgan fingerprint density at radius 1 is 1.00 bits per heavy atom. The second kappa shape index (κ2) is 9.08. The third-order valence-electron chi connectivity index (χ3n) is 3.54. The molecule has 0 atom stereocenters. The normalized spacial score (nSPS) is 11.1. The molecule has 0 radical (unpaired) electrons. The minimum absolute atomic E-state index is 0.0550. The van der Waals surface area contributed by atoms with Crippen LogP contribution in [0.5, 0.6) is 0 Å². The van der Waals surface area contributed by atoms with Gasteiger partial charge in [-0.3, -0.25) is 9.79 Å². The molecule has 0 aliphatic heterocycles. The van der Waals surface area contributed by atoms with Gasteiger partial charge in [0.1, 0.15) is 17.4 Å². The fraction of sp³-hybridized carbons (Fsp3) is 0.250. The molecule has 0 aromatic heterocycles. The minimum Gasteiger partial charge on any atom is -0.465 e. The number of nitrogens with one attached hydrogen (secondary N) is 1. The molecule has 5 heteroatoms. The Hall–Kier alpha value is -2.53. The first-order valence-corrected chi connectivity index (χ1v) is 8.55. The summed E-state index contributed by atoms with van der Waals surface area (Å²) in [7, 11) is 0. The molecule has 0 fully saturated rings. The quantitative estimate of drug-likeness (QED) is 0.386. The van der Waals surface area contributed by atoms with Gasteiger partial charge in [-0.05, 0) is 20.8 Å². The average molecular weight is 354 g/mol. The van der Waals surface area contributed by atoms with Crippen molar-refractivity contribution in [3.63, 3.8) is 0 Å². The third-order valence-corrected chi connectivity index (χ3v) is 3.88. The lowest BCUT2D eigenvalue weighted by Gasteiger charge is -2.12. The van der Waals surface area contributed by atoms with Gasteiger partial charge in [-0.2, -0.15) is 0 Å². The molecule has 2 aromatic carbocycles. The number of aliphatic imine (C=N–C) groups is 1. The van der Waals surface area contributed by atoms with E-state index >= 15 is 0 Å². The van der Waals surface area contributed by atoms with E-state index in [2.05, 4.69) is 10.3 Å². The van der Waals surface area contributed by atoms with E-state index in [1.165, 1.54) is 5.56 Å². The van der Waals surface area contributed by atoms with E-state index in [9.17, 15) is 4.79 Å². The maximum absolute atomic E-state index is 11.6. The van der Waals surface area contributed by atoms with Gasteiger partial charge in [0.05, 0.1) is 6.61 Å². The number of aryl methyl sites for hydroxylation is 2. The summed E-state index contributed by atoms with van der Waals surface area (Å²) in [5.41, 5.74) is 4.08. The van der Waals surface area contributed by atoms with E-state index < -0.39 is 0 Å². The molecule has 0 aliphatic carbocycles. The molecule has 2 rings (SSSR count). The number of ether oxygens (including phenoxy) is 1. The molecule has 1 N–H and O–H groups in total. The topological polar surface area (TPSA) is 50.7 Å². The predicted molar refractivity (Wildman–Crippen MR) is 105 cm³/mol. The van der Waals surface area contributed by atoms with Gasteiger partial charge < -0.3 is 10.1 Å². The number of thiocarbonyl (C=S) groups is 1.